The lowest BCUT2D eigenvalue weighted by molar-refractivity contribution is -0.123. The van der Waals surface area contributed by atoms with E-state index in [2.05, 4.69) is 5.32 Å². The van der Waals surface area contributed by atoms with E-state index >= 15 is 0 Å². The van der Waals surface area contributed by atoms with Crippen molar-refractivity contribution in [3.05, 3.63) is 0 Å². The fraction of sp³-hybridized carbons (Fsp3) is 0.889. The van der Waals surface area contributed by atoms with Crippen LogP contribution in [0, 0.1) is 0 Å². The predicted octanol–water partition coefficient (Wildman–Crippen LogP) is -0.583. The van der Waals surface area contributed by atoms with Crippen LogP contribution in [0.15, 0.2) is 0 Å². The van der Waals surface area contributed by atoms with Gasteiger partial charge in [0.15, 0.2) is 9.84 Å². The Bertz CT molecular complexity index is 326. The van der Waals surface area contributed by atoms with Gasteiger partial charge in [0.05, 0.1) is 17.5 Å². The summed E-state index contributed by atoms with van der Waals surface area (Å²) >= 11 is 0. The van der Waals surface area contributed by atoms with Gasteiger partial charge in [-0.15, -0.1) is 0 Å². The molecule has 88 valence electrons. The van der Waals surface area contributed by atoms with Crippen LogP contribution in [0.25, 0.3) is 0 Å². The minimum absolute atomic E-state index is 0.0532. The van der Waals surface area contributed by atoms with Crippen molar-refractivity contribution < 1.29 is 13.2 Å². The van der Waals surface area contributed by atoms with Crippen molar-refractivity contribution in [1.82, 2.24) is 5.32 Å². The predicted molar refractivity (Wildman–Crippen MR) is 58.1 cm³/mol. The van der Waals surface area contributed by atoms with E-state index in [0.29, 0.717) is 12.8 Å². The zero-order valence-electron chi connectivity index (χ0n) is 8.90. The number of rotatable bonds is 4. The number of sulfone groups is 1. The van der Waals surface area contributed by atoms with Crippen LogP contribution in [-0.4, -0.2) is 37.9 Å². The van der Waals surface area contributed by atoms with Crippen LogP contribution < -0.4 is 11.1 Å². The Morgan fingerprint density at radius 3 is 2.73 bits per heavy atom. The second kappa shape index (κ2) is 4.94. The molecule has 1 fully saturated rings. The van der Waals surface area contributed by atoms with E-state index in [1.807, 2.05) is 6.92 Å². The van der Waals surface area contributed by atoms with Crippen molar-refractivity contribution >= 4 is 15.7 Å². The normalized spacial score (nSPS) is 26.1. The van der Waals surface area contributed by atoms with Gasteiger partial charge in [-0.05, 0) is 12.8 Å². The number of carbonyl (C=O) groups is 1. The molecular formula is C9H18N2O3S. The summed E-state index contributed by atoms with van der Waals surface area (Å²) in [6, 6.07) is -0.760. The molecule has 0 spiro atoms. The van der Waals surface area contributed by atoms with Gasteiger partial charge in [0.1, 0.15) is 0 Å². The molecule has 0 aliphatic carbocycles. The van der Waals surface area contributed by atoms with Crippen molar-refractivity contribution in [2.24, 2.45) is 5.73 Å². The van der Waals surface area contributed by atoms with Crippen LogP contribution in [0.1, 0.15) is 26.2 Å². The Morgan fingerprint density at radius 2 is 2.27 bits per heavy atom. The third-order valence-electron chi connectivity index (χ3n) is 2.52. The van der Waals surface area contributed by atoms with Crippen molar-refractivity contribution in [1.29, 1.82) is 0 Å². The molecule has 0 radical (unpaired) electrons. The number of carbonyl (C=O) groups excluding carboxylic acids is 1. The summed E-state index contributed by atoms with van der Waals surface area (Å²) in [6.07, 6.45) is 1.98. The van der Waals surface area contributed by atoms with Crippen LogP contribution in [0.3, 0.4) is 0 Å². The summed E-state index contributed by atoms with van der Waals surface area (Å²) in [4.78, 5) is 11.5. The maximum atomic E-state index is 11.5. The Balaban J connectivity index is 2.40. The van der Waals surface area contributed by atoms with Crippen LogP contribution >= 0.6 is 0 Å². The van der Waals surface area contributed by atoms with Crippen molar-refractivity contribution in [3.63, 3.8) is 0 Å². The second-order valence-electron chi connectivity index (χ2n) is 4.00. The molecular weight excluding hydrogens is 216 g/mol. The van der Waals surface area contributed by atoms with Gasteiger partial charge in [0, 0.05) is 6.04 Å². The average Bonchev–Trinajstić information content (AvgIpc) is 2.46. The highest BCUT2D eigenvalue weighted by molar-refractivity contribution is 7.91. The number of nitrogens with two attached hydrogens (primary N) is 1. The third kappa shape index (κ3) is 3.79. The second-order valence-corrected chi connectivity index (χ2v) is 6.23. The van der Waals surface area contributed by atoms with Crippen molar-refractivity contribution in [2.75, 3.05) is 11.5 Å². The van der Waals surface area contributed by atoms with Gasteiger partial charge in [0.2, 0.25) is 5.91 Å². The molecule has 2 atom stereocenters. The molecule has 1 amide bonds. The lowest BCUT2D eigenvalue weighted by Gasteiger charge is -2.15. The Kier molecular flexibility index (Phi) is 4.10. The first kappa shape index (κ1) is 12.4. The van der Waals surface area contributed by atoms with Gasteiger partial charge in [-0.3, -0.25) is 4.79 Å². The van der Waals surface area contributed by atoms with E-state index < -0.39 is 15.9 Å². The van der Waals surface area contributed by atoms with E-state index in [1.54, 1.807) is 0 Å². The zero-order chi connectivity index (χ0) is 11.5. The third-order valence-corrected chi connectivity index (χ3v) is 4.28. The van der Waals surface area contributed by atoms with E-state index in [-0.39, 0.29) is 23.5 Å². The number of nitrogens with one attached hydrogen (secondary N) is 1. The first-order chi connectivity index (χ1) is 6.94. The molecule has 0 aromatic heterocycles. The SMILES string of the molecule is CCC[C@@H](N)C(=O)NC1CCS(=O)(=O)C1. The lowest BCUT2D eigenvalue weighted by Crippen LogP contribution is -2.45. The van der Waals surface area contributed by atoms with Crippen LogP contribution in [0.2, 0.25) is 0 Å². The first-order valence-electron chi connectivity index (χ1n) is 5.21. The Morgan fingerprint density at radius 1 is 1.60 bits per heavy atom. The minimum Gasteiger partial charge on any atom is -0.351 e. The van der Waals surface area contributed by atoms with Gasteiger partial charge >= 0.3 is 0 Å². The summed E-state index contributed by atoms with van der Waals surface area (Å²) in [5.41, 5.74) is 5.61. The first-order valence-corrected chi connectivity index (χ1v) is 7.03. The highest BCUT2D eigenvalue weighted by Gasteiger charge is 2.29. The topological polar surface area (TPSA) is 89.3 Å². The molecule has 1 aliphatic rings. The van der Waals surface area contributed by atoms with Crippen LogP contribution in [0.4, 0.5) is 0 Å². The standard InChI is InChI=1S/C9H18N2O3S/c1-2-3-8(10)9(12)11-7-4-5-15(13,14)6-7/h7-8H,2-6,10H2,1H3,(H,11,12)/t7?,8-/m1/s1. The molecule has 1 rings (SSSR count). The zero-order valence-corrected chi connectivity index (χ0v) is 9.72. The number of hydrogen-bond donors (Lipinski definition) is 2. The summed E-state index contributed by atoms with van der Waals surface area (Å²) in [5, 5.41) is 2.68. The van der Waals surface area contributed by atoms with Crippen LogP contribution in [0.5, 0.6) is 0 Å². The van der Waals surface area contributed by atoms with E-state index in [9.17, 15) is 13.2 Å². The summed E-state index contributed by atoms with van der Waals surface area (Å²) in [5.74, 6) is -0.0163. The summed E-state index contributed by atoms with van der Waals surface area (Å²) in [7, 11) is -2.93. The van der Waals surface area contributed by atoms with Gasteiger partial charge in [-0.2, -0.15) is 0 Å². The molecule has 5 nitrogen and oxygen atoms in total. The molecule has 0 aromatic rings. The highest BCUT2D eigenvalue weighted by Crippen LogP contribution is 2.11. The Hall–Kier alpha value is -0.620. The lowest BCUT2D eigenvalue weighted by atomic mass is 10.1. The maximum Gasteiger partial charge on any atom is 0.237 e. The smallest absolute Gasteiger partial charge is 0.237 e. The quantitative estimate of drug-likeness (QED) is 0.681. The van der Waals surface area contributed by atoms with E-state index in [1.165, 1.54) is 0 Å². The van der Waals surface area contributed by atoms with Gasteiger partial charge in [-0.1, -0.05) is 13.3 Å². The molecule has 0 saturated carbocycles. The number of hydrogen-bond acceptors (Lipinski definition) is 4. The molecule has 1 unspecified atom stereocenters. The molecule has 6 heteroatoms. The van der Waals surface area contributed by atoms with Crippen molar-refractivity contribution in [2.45, 2.75) is 38.3 Å². The van der Waals surface area contributed by atoms with E-state index in [0.717, 1.165) is 6.42 Å². The van der Waals surface area contributed by atoms with Gasteiger partial charge in [0.25, 0.3) is 0 Å². The monoisotopic (exact) mass is 234 g/mol. The molecule has 0 bridgehead atoms. The average molecular weight is 234 g/mol. The Labute approximate surface area is 90.3 Å². The fourth-order valence-electron chi connectivity index (χ4n) is 1.66. The maximum absolute atomic E-state index is 11.5. The van der Waals surface area contributed by atoms with Gasteiger partial charge < -0.3 is 11.1 Å². The molecule has 1 aliphatic heterocycles. The summed E-state index contributed by atoms with van der Waals surface area (Å²) < 4.78 is 22.3. The van der Waals surface area contributed by atoms with Gasteiger partial charge in [-0.25, -0.2) is 8.42 Å². The van der Waals surface area contributed by atoms with E-state index in [4.69, 9.17) is 5.73 Å². The van der Waals surface area contributed by atoms with Crippen molar-refractivity contribution in [3.8, 4) is 0 Å². The molecule has 3 N–H and O–H groups in total. The van der Waals surface area contributed by atoms with Crippen LogP contribution in [-0.2, 0) is 14.6 Å². The number of amides is 1. The fourth-order valence-corrected chi connectivity index (χ4v) is 3.33. The molecule has 1 heterocycles. The molecule has 0 aromatic carbocycles. The largest absolute Gasteiger partial charge is 0.351 e. The highest BCUT2D eigenvalue weighted by atomic mass is 32.2. The molecule has 15 heavy (non-hydrogen) atoms. The minimum atomic E-state index is -2.93. The molecule has 1 saturated heterocycles. The summed E-state index contributed by atoms with van der Waals surface area (Å²) in [6.45, 7) is 1.95.